The van der Waals surface area contributed by atoms with Crippen LogP contribution in [0.5, 0.6) is 5.75 Å². The van der Waals surface area contributed by atoms with E-state index in [0.717, 1.165) is 39.0 Å². The lowest BCUT2D eigenvalue weighted by molar-refractivity contribution is -0.139. The summed E-state index contributed by atoms with van der Waals surface area (Å²) in [6.45, 7) is 5.54. The van der Waals surface area contributed by atoms with Crippen molar-refractivity contribution in [2.45, 2.75) is 43.1 Å². The monoisotopic (exact) mass is 469 g/mol. The van der Waals surface area contributed by atoms with Crippen LogP contribution in [0.2, 0.25) is 0 Å². The van der Waals surface area contributed by atoms with Crippen LogP contribution in [-0.4, -0.2) is 39.8 Å². The number of thioether (sulfide) groups is 2. The molecule has 166 valence electrons. The molecule has 2 aromatic rings. The number of benzene rings is 2. The second-order valence-electron chi connectivity index (χ2n) is 7.29. The largest absolute Gasteiger partial charge is 0.482 e. The van der Waals surface area contributed by atoms with Gasteiger partial charge in [0.2, 0.25) is 0 Å². The van der Waals surface area contributed by atoms with Gasteiger partial charge in [-0.3, -0.25) is 4.99 Å². The van der Waals surface area contributed by atoms with Gasteiger partial charge in [0.05, 0.1) is 16.6 Å². The predicted octanol–water partition coefficient (Wildman–Crippen LogP) is 5.83. The Hall–Kier alpha value is -2.13. The SMILES string of the molecule is Cc1cc(OCC(=O)O)cc(C)c1SCC1SC(c2ccc(C(F)(F)F)cc2)=NC1C. The second kappa shape index (κ2) is 9.56. The molecule has 0 saturated heterocycles. The molecule has 3 rings (SSSR count). The average Bonchev–Trinajstić information content (AvgIpc) is 3.06. The average molecular weight is 470 g/mol. The van der Waals surface area contributed by atoms with E-state index in [1.54, 1.807) is 23.5 Å². The smallest absolute Gasteiger partial charge is 0.416 e. The van der Waals surface area contributed by atoms with Crippen LogP contribution < -0.4 is 4.74 Å². The quantitative estimate of drug-likeness (QED) is 0.517. The van der Waals surface area contributed by atoms with Gasteiger partial charge in [-0.25, -0.2) is 4.79 Å². The number of hydrogen-bond donors (Lipinski definition) is 1. The number of alkyl halides is 3. The van der Waals surface area contributed by atoms with E-state index in [-0.39, 0.29) is 17.9 Å². The fourth-order valence-electron chi connectivity index (χ4n) is 3.19. The van der Waals surface area contributed by atoms with E-state index in [0.29, 0.717) is 11.3 Å². The first-order valence-electron chi connectivity index (χ1n) is 9.55. The molecule has 2 aromatic carbocycles. The molecule has 2 unspecified atom stereocenters. The third kappa shape index (κ3) is 5.98. The molecule has 4 nitrogen and oxygen atoms in total. The number of aliphatic imine (C=N–C) groups is 1. The van der Waals surface area contributed by atoms with Gasteiger partial charge in [0.1, 0.15) is 5.75 Å². The zero-order chi connectivity index (χ0) is 22.8. The number of halogens is 3. The van der Waals surface area contributed by atoms with Crippen molar-refractivity contribution in [1.29, 1.82) is 0 Å². The Morgan fingerprint density at radius 1 is 1.19 bits per heavy atom. The molecule has 1 aliphatic rings. The van der Waals surface area contributed by atoms with Gasteiger partial charge in [-0.2, -0.15) is 13.2 Å². The highest BCUT2D eigenvalue weighted by molar-refractivity contribution is 8.16. The highest BCUT2D eigenvalue weighted by Crippen LogP contribution is 2.38. The van der Waals surface area contributed by atoms with Gasteiger partial charge in [-0.1, -0.05) is 23.9 Å². The summed E-state index contributed by atoms with van der Waals surface area (Å²) in [5, 5.41) is 9.72. The highest BCUT2D eigenvalue weighted by Gasteiger charge is 2.31. The van der Waals surface area contributed by atoms with Gasteiger partial charge < -0.3 is 9.84 Å². The van der Waals surface area contributed by atoms with E-state index in [4.69, 9.17) is 9.84 Å². The van der Waals surface area contributed by atoms with E-state index < -0.39 is 17.7 Å². The molecule has 0 amide bonds. The van der Waals surface area contributed by atoms with Crippen LogP contribution >= 0.6 is 23.5 Å². The van der Waals surface area contributed by atoms with Crippen molar-refractivity contribution in [3.8, 4) is 5.75 Å². The Morgan fingerprint density at radius 3 is 2.35 bits per heavy atom. The summed E-state index contributed by atoms with van der Waals surface area (Å²) in [4.78, 5) is 16.5. The molecular formula is C22H22F3NO3S2. The second-order valence-corrected chi connectivity index (χ2v) is 9.54. The zero-order valence-corrected chi connectivity index (χ0v) is 18.8. The number of aliphatic carboxylic acids is 1. The number of ether oxygens (including phenoxy) is 1. The molecule has 1 N–H and O–H groups in total. The lowest BCUT2D eigenvalue weighted by Crippen LogP contribution is -2.16. The molecule has 0 fully saturated rings. The van der Waals surface area contributed by atoms with Crippen LogP contribution in [0.3, 0.4) is 0 Å². The fraction of sp³-hybridized carbons (Fsp3) is 0.364. The van der Waals surface area contributed by atoms with Crippen LogP contribution in [0.4, 0.5) is 13.2 Å². The first kappa shape index (κ1) is 23.5. The van der Waals surface area contributed by atoms with Crippen LogP contribution in [-0.2, 0) is 11.0 Å². The fourth-order valence-corrected chi connectivity index (χ4v) is 5.89. The molecule has 0 radical (unpaired) electrons. The Morgan fingerprint density at radius 2 is 1.81 bits per heavy atom. The third-order valence-electron chi connectivity index (χ3n) is 4.77. The molecule has 0 aliphatic carbocycles. The number of hydrogen-bond acceptors (Lipinski definition) is 5. The lowest BCUT2D eigenvalue weighted by atomic mass is 10.1. The van der Waals surface area contributed by atoms with Gasteiger partial charge in [-0.05, 0) is 56.2 Å². The van der Waals surface area contributed by atoms with E-state index in [1.807, 2.05) is 32.9 Å². The van der Waals surface area contributed by atoms with Gasteiger partial charge in [-0.15, -0.1) is 11.8 Å². The molecule has 2 atom stereocenters. The van der Waals surface area contributed by atoms with Crippen LogP contribution in [0.1, 0.15) is 29.2 Å². The van der Waals surface area contributed by atoms with E-state index in [9.17, 15) is 18.0 Å². The molecule has 0 bridgehead atoms. The van der Waals surface area contributed by atoms with Crippen LogP contribution in [0, 0.1) is 13.8 Å². The lowest BCUT2D eigenvalue weighted by Gasteiger charge is -2.16. The molecule has 1 aliphatic heterocycles. The van der Waals surface area contributed by atoms with Gasteiger partial charge >= 0.3 is 12.1 Å². The molecular weight excluding hydrogens is 447 g/mol. The maximum Gasteiger partial charge on any atom is 0.416 e. The minimum Gasteiger partial charge on any atom is -0.482 e. The van der Waals surface area contributed by atoms with Crippen molar-refractivity contribution in [1.82, 2.24) is 0 Å². The van der Waals surface area contributed by atoms with Gasteiger partial charge in [0.15, 0.2) is 6.61 Å². The minimum atomic E-state index is -4.35. The van der Waals surface area contributed by atoms with Gasteiger partial charge in [0, 0.05) is 21.5 Å². The van der Waals surface area contributed by atoms with Crippen molar-refractivity contribution in [2.75, 3.05) is 12.4 Å². The molecule has 31 heavy (non-hydrogen) atoms. The molecule has 0 saturated carbocycles. The van der Waals surface area contributed by atoms with Crippen molar-refractivity contribution < 1.29 is 27.8 Å². The Labute approximate surface area is 187 Å². The molecule has 9 heteroatoms. The Bertz CT molecular complexity index is 967. The van der Waals surface area contributed by atoms with Crippen molar-refractivity contribution in [3.05, 3.63) is 58.7 Å². The Balaban J connectivity index is 1.63. The van der Waals surface area contributed by atoms with Crippen molar-refractivity contribution in [3.63, 3.8) is 0 Å². The van der Waals surface area contributed by atoms with Crippen molar-refractivity contribution >= 4 is 34.5 Å². The topological polar surface area (TPSA) is 58.9 Å². The number of carboxylic acids is 1. The number of rotatable bonds is 7. The van der Waals surface area contributed by atoms with Crippen molar-refractivity contribution in [2.24, 2.45) is 4.99 Å². The molecule has 0 spiro atoms. The maximum atomic E-state index is 12.8. The van der Waals surface area contributed by atoms with E-state index >= 15 is 0 Å². The standard InChI is InChI=1S/C22H22F3NO3S2/c1-12-8-17(29-10-19(27)28)9-13(2)20(12)30-11-18-14(3)26-21(31-18)15-4-6-16(7-5-15)22(23,24)25/h4-9,14,18H,10-11H2,1-3H3,(H,27,28). The zero-order valence-electron chi connectivity index (χ0n) is 17.2. The molecule has 1 heterocycles. The summed E-state index contributed by atoms with van der Waals surface area (Å²) in [5.41, 5.74) is 2.04. The van der Waals surface area contributed by atoms with E-state index in [1.165, 1.54) is 12.1 Å². The summed E-state index contributed by atoms with van der Waals surface area (Å²) < 4.78 is 43.6. The minimum absolute atomic E-state index is 0.0496. The number of aryl methyl sites for hydroxylation is 2. The third-order valence-corrected chi connectivity index (χ3v) is 7.87. The summed E-state index contributed by atoms with van der Waals surface area (Å²) in [6, 6.07) is 8.83. The van der Waals surface area contributed by atoms with Gasteiger partial charge in [0.25, 0.3) is 0 Å². The normalized spacial score (nSPS) is 18.7. The predicted molar refractivity (Wildman–Crippen MR) is 119 cm³/mol. The maximum absolute atomic E-state index is 12.8. The number of carboxylic acid groups (broad SMARTS) is 1. The number of carbonyl (C=O) groups is 1. The molecule has 0 aromatic heterocycles. The number of nitrogens with zero attached hydrogens (tertiary/aromatic N) is 1. The van der Waals surface area contributed by atoms with Crippen LogP contribution in [0.25, 0.3) is 0 Å². The van der Waals surface area contributed by atoms with E-state index in [2.05, 4.69) is 4.99 Å². The Kier molecular flexibility index (Phi) is 7.26. The first-order chi connectivity index (χ1) is 14.5. The highest BCUT2D eigenvalue weighted by atomic mass is 32.2. The summed E-state index contributed by atoms with van der Waals surface area (Å²) in [7, 11) is 0. The summed E-state index contributed by atoms with van der Waals surface area (Å²) >= 11 is 3.28. The first-order valence-corrected chi connectivity index (χ1v) is 11.4. The van der Waals surface area contributed by atoms with Crippen LogP contribution in [0.15, 0.2) is 46.3 Å². The summed E-state index contributed by atoms with van der Waals surface area (Å²) in [5.74, 6) is 0.291. The summed E-state index contributed by atoms with van der Waals surface area (Å²) in [6.07, 6.45) is -4.35.